The number of benzene rings is 1. The number of nitro groups is 1. The first kappa shape index (κ1) is 15.1. The third kappa shape index (κ3) is 3.75. The van der Waals surface area contributed by atoms with E-state index in [1.165, 1.54) is 0 Å². The largest absolute Gasteiger partial charge is 0.358 e. The Morgan fingerprint density at radius 1 is 1.37 bits per heavy atom. The lowest BCUT2D eigenvalue weighted by atomic mass is 10.0. The average Bonchev–Trinajstić information content (AvgIpc) is 2.37. The molecule has 104 valence electrons. The van der Waals surface area contributed by atoms with Crippen molar-refractivity contribution in [3.63, 3.8) is 0 Å². The van der Waals surface area contributed by atoms with Crippen molar-refractivity contribution >= 4 is 11.6 Å². The fraction of sp³-hybridized carbons (Fsp3) is 0.462. The highest BCUT2D eigenvalue weighted by Gasteiger charge is 2.18. The van der Waals surface area contributed by atoms with Gasteiger partial charge in [-0.05, 0) is 26.3 Å². The van der Waals surface area contributed by atoms with Crippen LogP contribution in [0.3, 0.4) is 0 Å². The fourth-order valence-electron chi connectivity index (χ4n) is 1.86. The summed E-state index contributed by atoms with van der Waals surface area (Å²) in [5.74, 6) is -0.117. The summed E-state index contributed by atoms with van der Waals surface area (Å²) >= 11 is 0. The van der Waals surface area contributed by atoms with Crippen LogP contribution < -0.4 is 10.6 Å². The van der Waals surface area contributed by atoms with Crippen LogP contribution in [-0.4, -0.2) is 23.9 Å². The average molecular weight is 265 g/mol. The predicted octanol–water partition coefficient (Wildman–Crippen LogP) is 1.69. The quantitative estimate of drug-likeness (QED) is 0.626. The molecule has 2 N–H and O–H groups in total. The van der Waals surface area contributed by atoms with Crippen LogP contribution in [0.2, 0.25) is 0 Å². The standard InChI is InChI=1S/C13H19N3O3/c1-8-5-6-11(7-12(8)16(18)19)9(2)15-10(3)13(17)14-4/h5-7,9-10,15H,1-4H3,(H,14,17). The van der Waals surface area contributed by atoms with Crippen LogP contribution >= 0.6 is 0 Å². The van der Waals surface area contributed by atoms with Gasteiger partial charge in [-0.3, -0.25) is 20.2 Å². The van der Waals surface area contributed by atoms with Gasteiger partial charge in [-0.25, -0.2) is 0 Å². The van der Waals surface area contributed by atoms with Crippen LogP contribution in [0.5, 0.6) is 0 Å². The van der Waals surface area contributed by atoms with Crippen LogP contribution in [0.25, 0.3) is 0 Å². The van der Waals surface area contributed by atoms with E-state index in [-0.39, 0.29) is 23.7 Å². The Bertz CT molecular complexity index is 488. The van der Waals surface area contributed by atoms with Crippen molar-refractivity contribution in [3.05, 3.63) is 39.4 Å². The van der Waals surface area contributed by atoms with Crippen molar-refractivity contribution in [1.82, 2.24) is 10.6 Å². The number of amides is 1. The number of rotatable bonds is 5. The van der Waals surface area contributed by atoms with Gasteiger partial charge < -0.3 is 5.32 Å². The summed E-state index contributed by atoms with van der Waals surface area (Å²) in [5, 5.41) is 16.5. The molecule has 0 bridgehead atoms. The lowest BCUT2D eigenvalue weighted by Gasteiger charge is -2.19. The summed E-state index contributed by atoms with van der Waals surface area (Å²) < 4.78 is 0. The van der Waals surface area contributed by atoms with Gasteiger partial charge in [0.2, 0.25) is 5.91 Å². The first-order valence-electron chi connectivity index (χ1n) is 6.09. The maximum atomic E-state index is 11.4. The zero-order chi connectivity index (χ0) is 14.6. The van der Waals surface area contributed by atoms with Crippen molar-refractivity contribution in [3.8, 4) is 0 Å². The molecule has 0 aliphatic carbocycles. The second kappa shape index (κ2) is 6.29. The minimum atomic E-state index is -0.395. The number of nitrogens with zero attached hydrogens (tertiary/aromatic N) is 1. The molecular formula is C13H19N3O3. The molecule has 1 amide bonds. The maximum Gasteiger partial charge on any atom is 0.272 e. The fourth-order valence-corrected chi connectivity index (χ4v) is 1.86. The Labute approximate surface area is 112 Å². The van der Waals surface area contributed by atoms with Crippen LogP contribution in [0.4, 0.5) is 5.69 Å². The van der Waals surface area contributed by atoms with Crippen LogP contribution in [0, 0.1) is 17.0 Å². The molecule has 0 saturated heterocycles. The van der Waals surface area contributed by atoms with Gasteiger partial charge in [0.25, 0.3) is 5.69 Å². The van der Waals surface area contributed by atoms with Gasteiger partial charge in [0, 0.05) is 24.7 Å². The van der Waals surface area contributed by atoms with Gasteiger partial charge in [0.05, 0.1) is 11.0 Å². The van der Waals surface area contributed by atoms with Gasteiger partial charge in [0.1, 0.15) is 0 Å². The highest BCUT2D eigenvalue weighted by atomic mass is 16.6. The van der Waals surface area contributed by atoms with Crippen LogP contribution in [-0.2, 0) is 4.79 Å². The van der Waals surface area contributed by atoms with Crippen LogP contribution in [0.15, 0.2) is 18.2 Å². The molecule has 0 aliphatic rings. The summed E-state index contributed by atoms with van der Waals surface area (Å²) in [6.45, 7) is 5.32. The zero-order valence-electron chi connectivity index (χ0n) is 11.6. The highest BCUT2D eigenvalue weighted by molar-refractivity contribution is 5.80. The minimum absolute atomic E-state index is 0.0961. The van der Waals surface area contributed by atoms with E-state index in [2.05, 4.69) is 10.6 Å². The summed E-state index contributed by atoms with van der Waals surface area (Å²) in [6.07, 6.45) is 0. The second-order valence-corrected chi connectivity index (χ2v) is 4.53. The Hall–Kier alpha value is -1.95. The molecule has 1 aromatic carbocycles. The molecule has 0 radical (unpaired) electrons. The molecule has 2 atom stereocenters. The normalized spacial score (nSPS) is 13.7. The third-order valence-corrected chi connectivity index (χ3v) is 3.07. The van der Waals surface area contributed by atoms with Crippen LogP contribution in [0.1, 0.15) is 31.0 Å². The molecule has 0 aromatic heterocycles. The molecular weight excluding hydrogens is 246 g/mol. The number of aryl methyl sites for hydroxylation is 1. The summed E-state index contributed by atoms with van der Waals surface area (Å²) in [4.78, 5) is 21.9. The Morgan fingerprint density at radius 3 is 2.53 bits per heavy atom. The van der Waals surface area contributed by atoms with E-state index in [9.17, 15) is 14.9 Å². The monoisotopic (exact) mass is 265 g/mol. The summed E-state index contributed by atoms with van der Waals surface area (Å²) in [5.41, 5.74) is 1.51. The highest BCUT2D eigenvalue weighted by Crippen LogP contribution is 2.23. The number of likely N-dealkylation sites (N-methyl/N-ethyl adjacent to an activating group) is 1. The van der Waals surface area contributed by atoms with Gasteiger partial charge in [-0.2, -0.15) is 0 Å². The smallest absolute Gasteiger partial charge is 0.272 e. The molecule has 19 heavy (non-hydrogen) atoms. The first-order chi connectivity index (χ1) is 8.86. The predicted molar refractivity (Wildman–Crippen MR) is 72.9 cm³/mol. The molecule has 0 fully saturated rings. The Kier molecular flexibility index (Phi) is 5.00. The number of carbonyl (C=O) groups excluding carboxylic acids is 1. The van der Waals surface area contributed by atoms with Crippen molar-refractivity contribution < 1.29 is 9.72 Å². The molecule has 0 saturated carbocycles. The number of hydrogen-bond donors (Lipinski definition) is 2. The van der Waals surface area contributed by atoms with E-state index in [1.807, 2.05) is 13.0 Å². The maximum absolute atomic E-state index is 11.4. The first-order valence-corrected chi connectivity index (χ1v) is 6.09. The molecule has 6 nitrogen and oxygen atoms in total. The van der Waals surface area contributed by atoms with Crippen molar-refractivity contribution in [1.29, 1.82) is 0 Å². The zero-order valence-corrected chi connectivity index (χ0v) is 11.6. The number of hydrogen-bond acceptors (Lipinski definition) is 4. The van der Waals surface area contributed by atoms with E-state index < -0.39 is 4.92 Å². The summed E-state index contributed by atoms with van der Waals surface area (Å²) in [7, 11) is 1.57. The third-order valence-electron chi connectivity index (χ3n) is 3.07. The van der Waals surface area contributed by atoms with Gasteiger partial charge >= 0.3 is 0 Å². The topological polar surface area (TPSA) is 84.3 Å². The van der Waals surface area contributed by atoms with E-state index >= 15 is 0 Å². The molecule has 0 heterocycles. The van der Waals surface area contributed by atoms with E-state index in [0.29, 0.717) is 5.56 Å². The van der Waals surface area contributed by atoms with Crippen molar-refractivity contribution in [2.24, 2.45) is 0 Å². The number of carbonyl (C=O) groups is 1. The van der Waals surface area contributed by atoms with Crippen molar-refractivity contribution in [2.75, 3.05) is 7.05 Å². The van der Waals surface area contributed by atoms with E-state index in [1.54, 1.807) is 33.0 Å². The Balaban J connectivity index is 2.88. The number of nitro benzene ring substituents is 1. The molecule has 2 unspecified atom stereocenters. The lowest BCUT2D eigenvalue weighted by Crippen LogP contribution is -2.41. The molecule has 1 aromatic rings. The summed E-state index contributed by atoms with van der Waals surface area (Å²) in [6, 6.07) is 4.59. The Morgan fingerprint density at radius 2 is 2.00 bits per heavy atom. The second-order valence-electron chi connectivity index (χ2n) is 4.53. The van der Waals surface area contributed by atoms with Gasteiger partial charge in [-0.1, -0.05) is 12.1 Å². The SMILES string of the molecule is CNC(=O)C(C)NC(C)c1ccc(C)c([N+](=O)[O-])c1. The lowest BCUT2D eigenvalue weighted by molar-refractivity contribution is -0.385. The van der Waals surface area contributed by atoms with Crippen molar-refractivity contribution in [2.45, 2.75) is 32.9 Å². The van der Waals surface area contributed by atoms with Gasteiger partial charge in [0.15, 0.2) is 0 Å². The van der Waals surface area contributed by atoms with Gasteiger partial charge in [-0.15, -0.1) is 0 Å². The number of nitrogens with one attached hydrogen (secondary N) is 2. The molecule has 0 spiro atoms. The van der Waals surface area contributed by atoms with E-state index in [4.69, 9.17) is 0 Å². The van der Waals surface area contributed by atoms with E-state index in [0.717, 1.165) is 5.56 Å². The molecule has 6 heteroatoms. The molecule has 1 rings (SSSR count). The minimum Gasteiger partial charge on any atom is -0.358 e. The molecule has 0 aliphatic heterocycles.